The summed E-state index contributed by atoms with van der Waals surface area (Å²) in [6, 6.07) is 1.45. The van der Waals surface area contributed by atoms with E-state index in [0.29, 0.717) is 19.7 Å². The molecular weight excluding hydrogens is 242 g/mol. The van der Waals surface area contributed by atoms with E-state index in [2.05, 4.69) is 10.2 Å². The van der Waals surface area contributed by atoms with Crippen molar-refractivity contribution in [3.63, 3.8) is 0 Å². The van der Waals surface area contributed by atoms with Crippen LogP contribution in [0.1, 0.15) is 13.8 Å². The molecule has 0 saturated carbocycles. The third kappa shape index (κ3) is 3.79. The third-order valence-corrected chi connectivity index (χ3v) is 4.00. The summed E-state index contributed by atoms with van der Waals surface area (Å²) in [6.45, 7) is 5.13. The molecule has 0 aliphatic heterocycles. The highest BCUT2D eigenvalue weighted by Crippen LogP contribution is 2.13. The first-order valence-electron chi connectivity index (χ1n) is 5.47. The van der Waals surface area contributed by atoms with Crippen LogP contribution in [0.5, 0.6) is 0 Å². The standard InChI is InChI=1S/C10H19N3O3S/c1-9(2)8-13(6-7-16-3)17(14,15)10-4-5-11-12-10/h4-5,9H,6-8H2,1-3H3,(H,11,12). The number of sulfonamides is 1. The van der Waals surface area contributed by atoms with E-state index in [1.54, 1.807) is 7.11 Å². The van der Waals surface area contributed by atoms with Gasteiger partial charge in [-0.05, 0) is 12.0 Å². The molecule has 98 valence electrons. The van der Waals surface area contributed by atoms with Crippen LogP contribution in [0, 0.1) is 5.92 Å². The van der Waals surface area contributed by atoms with Crippen LogP contribution in [0.25, 0.3) is 0 Å². The number of H-pyrrole nitrogens is 1. The normalized spacial score (nSPS) is 12.5. The number of aromatic nitrogens is 2. The molecule has 0 unspecified atom stereocenters. The molecule has 1 aromatic rings. The van der Waals surface area contributed by atoms with E-state index in [1.165, 1.54) is 16.6 Å². The second kappa shape index (κ2) is 6.13. The summed E-state index contributed by atoms with van der Waals surface area (Å²) in [5.41, 5.74) is 0. The quantitative estimate of drug-likeness (QED) is 0.784. The van der Waals surface area contributed by atoms with Crippen molar-refractivity contribution in [1.82, 2.24) is 14.5 Å². The molecule has 0 fully saturated rings. The Kier molecular flexibility index (Phi) is 5.10. The third-order valence-electron chi connectivity index (χ3n) is 2.21. The van der Waals surface area contributed by atoms with Crippen LogP contribution >= 0.6 is 0 Å². The number of hydrogen-bond acceptors (Lipinski definition) is 4. The molecule has 1 heterocycles. The first-order chi connectivity index (χ1) is 7.98. The number of nitrogens with zero attached hydrogens (tertiary/aromatic N) is 2. The van der Waals surface area contributed by atoms with Crippen LogP contribution < -0.4 is 0 Å². The number of hydrogen-bond donors (Lipinski definition) is 1. The molecule has 1 N–H and O–H groups in total. The van der Waals surface area contributed by atoms with Crippen molar-refractivity contribution in [2.75, 3.05) is 26.8 Å². The number of methoxy groups -OCH3 is 1. The highest BCUT2D eigenvalue weighted by atomic mass is 32.2. The van der Waals surface area contributed by atoms with Crippen molar-refractivity contribution in [2.24, 2.45) is 5.92 Å². The average Bonchev–Trinajstić information content (AvgIpc) is 2.77. The summed E-state index contributed by atoms with van der Waals surface area (Å²) in [7, 11) is -1.94. The van der Waals surface area contributed by atoms with Crippen LogP contribution in [0.15, 0.2) is 17.3 Å². The summed E-state index contributed by atoms with van der Waals surface area (Å²) in [5, 5.41) is 6.28. The van der Waals surface area contributed by atoms with Gasteiger partial charge in [-0.2, -0.15) is 9.40 Å². The molecule has 1 rings (SSSR count). The van der Waals surface area contributed by atoms with Gasteiger partial charge in [0.2, 0.25) is 0 Å². The molecule has 0 saturated heterocycles. The first kappa shape index (κ1) is 14.1. The second-order valence-corrected chi connectivity index (χ2v) is 6.08. The molecule has 0 aromatic carbocycles. The largest absolute Gasteiger partial charge is 0.383 e. The molecule has 0 atom stereocenters. The van der Waals surface area contributed by atoms with E-state index in [4.69, 9.17) is 4.74 Å². The Hall–Kier alpha value is -0.920. The van der Waals surface area contributed by atoms with Crippen molar-refractivity contribution < 1.29 is 13.2 Å². The monoisotopic (exact) mass is 261 g/mol. The van der Waals surface area contributed by atoms with Gasteiger partial charge in [0, 0.05) is 20.2 Å². The smallest absolute Gasteiger partial charge is 0.260 e. The lowest BCUT2D eigenvalue weighted by atomic mass is 10.2. The molecule has 0 bridgehead atoms. The Balaban J connectivity index is 2.88. The van der Waals surface area contributed by atoms with Gasteiger partial charge in [0.25, 0.3) is 10.0 Å². The molecule has 17 heavy (non-hydrogen) atoms. The summed E-state index contributed by atoms with van der Waals surface area (Å²) < 4.78 is 30.8. The molecule has 1 aromatic heterocycles. The molecule has 7 heteroatoms. The summed E-state index contributed by atoms with van der Waals surface area (Å²) in [4.78, 5) is 0. The number of rotatable bonds is 7. The maximum atomic E-state index is 12.2. The molecule has 0 amide bonds. The first-order valence-corrected chi connectivity index (χ1v) is 6.91. The lowest BCUT2D eigenvalue weighted by Crippen LogP contribution is -2.36. The minimum Gasteiger partial charge on any atom is -0.383 e. The summed E-state index contributed by atoms with van der Waals surface area (Å²) >= 11 is 0. The van der Waals surface area contributed by atoms with Gasteiger partial charge in [0.05, 0.1) is 12.8 Å². The van der Waals surface area contributed by atoms with E-state index < -0.39 is 10.0 Å². The van der Waals surface area contributed by atoms with Gasteiger partial charge in [-0.15, -0.1) is 0 Å². The minimum absolute atomic E-state index is 0.120. The van der Waals surface area contributed by atoms with E-state index >= 15 is 0 Å². The highest BCUT2D eigenvalue weighted by molar-refractivity contribution is 7.89. The van der Waals surface area contributed by atoms with E-state index in [0.717, 1.165) is 0 Å². The Morgan fingerprint density at radius 2 is 2.24 bits per heavy atom. The van der Waals surface area contributed by atoms with Crippen molar-refractivity contribution >= 4 is 10.0 Å². The van der Waals surface area contributed by atoms with Crippen molar-refractivity contribution in [3.8, 4) is 0 Å². The van der Waals surface area contributed by atoms with Gasteiger partial charge < -0.3 is 4.74 Å². The maximum Gasteiger partial charge on any atom is 0.260 e. The fraction of sp³-hybridized carbons (Fsp3) is 0.700. The van der Waals surface area contributed by atoms with Crippen molar-refractivity contribution in [1.29, 1.82) is 0 Å². The van der Waals surface area contributed by atoms with Crippen LogP contribution in [0.2, 0.25) is 0 Å². The zero-order valence-corrected chi connectivity index (χ0v) is 11.2. The van der Waals surface area contributed by atoms with E-state index in [-0.39, 0.29) is 10.9 Å². The van der Waals surface area contributed by atoms with Crippen molar-refractivity contribution in [3.05, 3.63) is 12.3 Å². The zero-order chi connectivity index (χ0) is 12.9. The van der Waals surface area contributed by atoms with E-state index in [1.807, 2.05) is 13.8 Å². The summed E-state index contributed by atoms with van der Waals surface area (Å²) in [6.07, 6.45) is 1.43. The Labute approximate surface area is 102 Å². The lowest BCUT2D eigenvalue weighted by molar-refractivity contribution is 0.175. The van der Waals surface area contributed by atoms with Gasteiger partial charge >= 0.3 is 0 Å². The number of ether oxygens (including phenoxy) is 1. The lowest BCUT2D eigenvalue weighted by Gasteiger charge is -2.22. The van der Waals surface area contributed by atoms with Crippen LogP contribution in [-0.2, 0) is 14.8 Å². The van der Waals surface area contributed by atoms with E-state index in [9.17, 15) is 8.42 Å². The van der Waals surface area contributed by atoms with Gasteiger partial charge in [-0.1, -0.05) is 13.8 Å². The van der Waals surface area contributed by atoms with Crippen molar-refractivity contribution in [2.45, 2.75) is 18.9 Å². The molecule has 0 radical (unpaired) electrons. The van der Waals surface area contributed by atoms with Gasteiger partial charge in [-0.3, -0.25) is 5.10 Å². The topological polar surface area (TPSA) is 75.3 Å². The molecule has 6 nitrogen and oxygen atoms in total. The average molecular weight is 261 g/mol. The van der Waals surface area contributed by atoms with Gasteiger partial charge in [0.15, 0.2) is 5.03 Å². The van der Waals surface area contributed by atoms with Crippen LogP contribution in [0.4, 0.5) is 0 Å². The molecule has 0 spiro atoms. The predicted octanol–water partition coefficient (Wildman–Crippen LogP) is 0.703. The predicted molar refractivity (Wildman–Crippen MR) is 64.1 cm³/mol. The fourth-order valence-corrected chi connectivity index (χ4v) is 2.92. The summed E-state index contributed by atoms with van der Waals surface area (Å²) in [5.74, 6) is 0.254. The number of aromatic amines is 1. The minimum atomic E-state index is -3.49. The molecule has 0 aliphatic carbocycles. The second-order valence-electron chi connectivity index (χ2n) is 4.17. The molecule has 0 aliphatic rings. The fourth-order valence-electron chi connectivity index (χ4n) is 1.44. The molecular formula is C10H19N3O3S. The van der Waals surface area contributed by atoms with Crippen LogP contribution in [-0.4, -0.2) is 49.7 Å². The zero-order valence-electron chi connectivity index (χ0n) is 10.4. The van der Waals surface area contributed by atoms with Gasteiger partial charge in [0.1, 0.15) is 0 Å². The SMILES string of the molecule is COCCN(CC(C)C)S(=O)(=O)c1ccn[nH]1. The van der Waals surface area contributed by atoms with Gasteiger partial charge in [-0.25, -0.2) is 8.42 Å². The van der Waals surface area contributed by atoms with Crippen LogP contribution in [0.3, 0.4) is 0 Å². The Morgan fingerprint density at radius 1 is 1.53 bits per heavy atom. The Morgan fingerprint density at radius 3 is 2.71 bits per heavy atom. The Bertz CT molecular complexity index is 414. The number of nitrogens with one attached hydrogen (secondary N) is 1. The maximum absolute atomic E-state index is 12.2. The highest BCUT2D eigenvalue weighted by Gasteiger charge is 2.25.